The summed E-state index contributed by atoms with van der Waals surface area (Å²) in [5, 5.41) is 2.87. The lowest BCUT2D eigenvalue weighted by Gasteiger charge is -2.07. The molecule has 1 amide bonds. The lowest BCUT2D eigenvalue weighted by Crippen LogP contribution is -2.22. The molecule has 20 heavy (non-hydrogen) atoms. The van der Waals surface area contributed by atoms with Crippen molar-refractivity contribution in [3.05, 3.63) is 59.7 Å². The zero-order valence-corrected chi connectivity index (χ0v) is 11.6. The van der Waals surface area contributed by atoms with E-state index >= 15 is 0 Å². The Bertz CT molecular complexity index is 579. The first-order valence-corrected chi connectivity index (χ1v) is 6.28. The highest BCUT2D eigenvalue weighted by Gasteiger charge is 2.05. The Kier molecular flexibility index (Phi) is 4.60. The van der Waals surface area contributed by atoms with Crippen molar-refractivity contribution in [1.82, 2.24) is 5.32 Å². The summed E-state index contributed by atoms with van der Waals surface area (Å²) in [6.45, 7) is 0.460. The molecule has 0 fully saturated rings. The molecule has 0 spiro atoms. The molecule has 0 aliphatic heterocycles. The number of amides is 1. The molecule has 2 aromatic rings. The second-order valence-electron chi connectivity index (χ2n) is 4.26. The van der Waals surface area contributed by atoms with Crippen LogP contribution in [0.15, 0.2) is 48.5 Å². The molecule has 0 saturated heterocycles. The maximum Gasteiger partial charge on any atom is 0.251 e. The van der Waals surface area contributed by atoms with Gasteiger partial charge in [0.1, 0.15) is 11.5 Å². The number of hydrogen-bond donors (Lipinski definition) is 1. The van der Waals surface area contributed by atoms with Crippen molar-refractivity contribution < 1.29 is 14.3 Å². The molecule has 0 aromatic heterocycles. The van der Waals surface area contributed by atoms with Gasteiger partial charge in [0.2, 0.25) is 0 Å². The zero-order chi connectivity index (χ0) is 14.4. The summed E-state index contributed by atoms with van der Waals surface area (Å²) >= 11 is 0. The van der Waals surface area contributed by atoms with Crippen LogP contribution in [-0.2, 0) is 6.54 Å². The Balaban J connectivity index is 1.97. The van der Waals surface area contributed by atoms with Crippen LogP contribution in [0.2, 0.25) is 0 Å². The van der Waals surface area contributed by atoms with Crippen molar-refractivity contribution in [3.8, 4) is 11.5 Å². The van der Waals surface area contributed by atoms with Crippen LogP contribution in [0.25, 0.3) is 0 Å². The van der Waals surface area contributed by atoms with Crippen LogP contribution in [0.1, 0.15) is 15.9 Å². The summed E-state index contributed by atoms with van der Waals surface area (Å²) in [7, 11) is 3.22. The summed E-state index contributed by atoms with van der Waals surface area (Å²) in [6, 6.07) is 14.6. The molecule has 0 bridgehead atoms. The molecular formula is C16H17NO3. The Morgan fingerprint density at radius 2 is 1.70 bits per heavy atom. The number of rotatable bonds is 5. The van der Waals surface area contributed by atoms with Gasteiger partial charge in [-0.3, -0.25) is 4.79 Å². The maximum absolute atomic E-state index is 12.0. The molecule has 0 aliphatic rings. The fraction of sp³-hybridized carbons (Fsp3) is 0.188. The van der Waals surface area contributed by atoms with Gasteiger partial charge in [-0.15, -0.1) is 0 Å². The van der Waals surface area contributed by atoms with Crippen LogP contribution in [0.3, 0.4) is 0 Å². The van der Waals surface area contributed by atoms with Crippen molar-refractivity contribution in [1.29, 1.82) is 0 Å². The monoisotopic (exact) mass is 271 g/mol. The average Bonchev–Trinajstić information content (AvgIpc) is 2.53. The first-order chi connectivity index (χ1) is 9.72. The number of ether oxygens (including phenoxy) is 2. The van der Waals surface area contributed by atoms with Gasteiger partial charge in [-0.25, -0.2) is 0 Å². The van der Waals surface area contributed by atoms with E-state index in [1.54, 1.807) is 38.5 Å². The van der Waals surface area contributed by atoms with E-state index in [1.807, 2.05) is 24.3 Å². The normalized spacial score (nSPS) is 9.90. The third-order valence-corrected chi connectivity index (χ3v) is 2.94. The third kappa shape index (κ3) is 3.51. The molecule has 104 valence electrons. The van der Waals surface area contributed by atoms with Crippen LogP contribution in [-0.4, -0.2) is 20.1 Å². The number of hydrogen-bond acceptors (Lipinski definition) is 3. The SMILES string of the molecule is COc1ccc(C(=O)NCc2cccc(OC)c2)cc1. The molecule has 0 aliphatic carbocycles. The minimum absolute atomic E-state index is 0.115. The summed E-state index contributed by atoms with van der Waals surface area (Å²) in [5.41, 5.74) is 1.60. The number of carbonyl (C=O) groups excluding carboxylic acids is 1. The molecule has 0 heterocycles. The van der Waals surface area contributed by atoms with E-state index in [2.05, 4.69) is 5.32 Å². The highest BCUT2D eigenvalue weighted by atomic mass is 16.5. The zero-order valence-electron chi connectivity index (χ0n) is 11.6. The average molecular weight is 271 g/mol. The molecule has 1 N–H and O–H groups in total. The van der Waals surface area contributed by atoms with E-state index in [-0.39, 0.29) is 5.91 Å². The van der Waals surface area contributed by atoms with Crippen LogP contribution in [0.4, 0.5) is 0 Å². The maximum atomic E-state index is 12.0. The van der Waals surface area contributed by atoms with Crippen LogP contribution in [0, 0.1) is 0 Å². The summed E-state index contributed by atoms with van der Waals surface area (Å²) in [4.78, 5) is 12.0. The van der Waals surface area contributed by atoms with Crippen LogP contribution < -0.4 is 14.8 Å². The predicted octanol–water partition coefficient (Wildman–Crippen LogP) is 2.63. The highest BCUT2D eigenvalue weighted by molar-refractivity contribution is 5.94. The lowest BCUT2D eigenvalue weighted by molar-refractivity contribution is 0.0951. The molecular weight excluding hydrogens is 254 g/mol. The molecule has 0 radical (unpaired) electrons. The van der Waals surface area contributed by atoms with Gasteiger partial charge in [0.05, 0.1) is 14.2 Å². The second-order valence-corrected chi connectivity index (χ2v) is 4.26. The van der Waals surface area contributed by atoms with E-state index in [4.69, 9.17) is 9.47 Å². The fourth-order valence-electron chi connectivity index (χ4n) is 1.81. The lowest BCUT2D eigenvalue weighted by atomic mass is 10.2. The Labute approximate surface area is 118 Å². The number of methoxy groups -OCH3 is 2. The van der Waals surface area contributed by atoms with Gasteiger partial charge in [-0.1, -0.05) is 12.1 Å². The highest BCUT2D eigenvalue weighted by Crippen LogP contribution is 2.13. The number of benzene rings is 2. The van der Waals surface area contributed by atoms with Gasteiger partial charge in [0.25, 0.3) is 5.91 Å². The standard InChI is InChI=1S/C16H17NO3/c1-19-14-8-6-13(7-9-14)16(18)17-11-12-4-3-5-15(10-12)20-2/h3-10H,11H2,1-2H3,(H,17,18). The second kappa shape index (κ2) is 6.61. The number of carbonyl (C=O) groups is 1. The molecule has 0 atom stereocenters. The first-order valence-electron chi connectivity index (χ1n) is 6.28. The van der Waals surface area contributed by atoms with Crippen molar-refractivity contribution >= 4 is 5.91 Å². The molecule has 2 rings (SSSR count). The molecule has 2 aromatic carbocycles. The first kappa shape index (κ1) is 13.9. The van der Waals surface area contributed by atoms with Gasteiger partial charge in [-0.2, -0.15) is 0 Å². The van der Waals surface area contributed by atoms with E-state index in [0.29, 0.717) is 12.1 Å². The van der Waals surface area contributed by atoms with E-state index < -0.39 is 0 Å². The fourth-order valence-corrected chi connectivity index (χ4v) is 1.81. The third-order valence-electron chi connectivity index (χ3n) is 2.94. The quantitative estimate of drug-likeness (QED) is 0.909. The Hall–Kier alpha value is -2.49. The topological polar surface area (TPSA) is 47.6 Å². The Morgan fingerprint density at radius 1 is 1.00 bits per heavy atom. The van der Waals surface area contributed by atoms with Gasteiger partial charge >= 0.3 is 0 Å². The van der Waals surface area contributed by atoms with E-state index in [0.717, 1.165) is 17.1 Å². The van der Waals surface area contributed by atoms with Gasteiger partial charge in [-0.05, 0) is 42.0 Å². The van der Waals surface area contributed by atoms with Crippen molar-refractivity contribution in [2.75, 3.05) is 14.2 Å². The Morgan fingerprint density at radius 3 is 2.35 bits per heavy atom. The molecule has 4 nitrogen and oxygen atoms in total. The summed E-state index contributed by atoms with van der Waals surface area (Å²) in [6.07, 6.45) is 0. The van der Waals surface area contributed by atoms with Gasteiger partial charge in [0.15, 0.2) is 0 Å². The largest absolute Gasteiger partial charge is 0.497 e. The molecule has 4 heteroatoms. The minimum Gasteiger partial charge on any atom is -0.497 e. The smallest absolute Gasteiger partial charge is 0.251 e. The molecule has 0 saturated carbocycles. The van der Waals surface area contributed by atoms with Crippen molar-refractivity contribution in [2.45, 2.75) is 6.54 Å². The van der Waals surface area contributed by atoms with Gasteiger partial charge in [0, 0.05) is 12.1 Å². The van der Waals surface area contributed by atoms with Gasteiger partial charge < -0.3 is 14.8 Å². The summed E-state index contributed by atoms with van der Waals surface area (Å²) < 4.78 is 10.2. The van der Waals surface area contributed by atoms with E-state index in [9.17, 15) is 4.79 Å². The van der Waals surface area contributed by atoms with E-state index in [1.165, 1.54) is 0 Å². The number of nitrogens with one attached hydrogen (secondary N) is 1. The van der Waals surface area contributed by atoms with Crippen LogP contribution in [0.5, 0.6) is 11.5 Å². The predicted molar refractivity (Wildman–Crippen MR) is 77.2 cm³/mol. The van der Waals surface area contributed by atoms with Crippen LogP contribution >= 0.6 is 0 Å². The van der Waals surface area contributed by atoms with Crippen molar-refractivity contribution in [3.63, 3.8) is 0 Å². The van der Waals surface area contributed by atoms with Crippen molar-refractivity contribution in [2.24, 2.45) is 0 Å². The minimum atomic E-state index is -0.115. The molecule has 0 unspecified atom stereocenters. The summed E-state index contributed by atoms with van der Waals surface area (Å²) in [5.74, 6) is 1.39.